The fourth-order valence-corrected chi connectivity index (χ4v) is 6.07. The van der Waals surface area contributed by atoms with E-state index in [2.05, 4.69) is 25.2 Å². The Hall–Kier alpha value is -3.60. The highest BCUT2D eigenvalue weighted by molar-refractivity contribution is 6.06. The molecular weight excluding hydrogens is 526 g/mol. The number of rotatable bonds is 5. The van der Waals surface area contributed by atoms with Gasteiger partial charge in [0.05, 0.1) is 30.2 Å². The average Bonchev–Trinajstić information content (AvgIpc) is 2.94. The molecular formula is C29H29F4N5O2. The lowest BCUT2D eigenvalue weighted by atomic mass is 9.83. The molecule has 1 aromatic carbocycles. The van der Waals surface area contributed by atoms with E-state index < -0.39 is 23.5 Å². The topological polar surface area (TPSA) is 80.2 Å². The molecule has 4 heterocycles. The number of pyridine rings is 1. The SMILES string of the molecule is O=C(Nc1c(-c2cc(F)ccc2F)ccnc1C1CCC(F)(F)CC1)c1cnc(N2CC3COCC(C3)C2)nc1. The Bertz CT molecular complexity index is 1380. The highest BCUT2D eigenvalue weighted by Gasteiger charge is 2.37. The molecule has 3 aliphatic rings. The third kappa shape index (κ3) is 5.52. The summed E-state index contributed by atoms with van der Waals surface area (Å²) in [6, 6.07) is 4.52. The lowest BCUT2D eigenvalue weighted by molar-refractivity contribution is -0.0384. The third-order valence-corrected chi connectivity index (χ3v) is 8.06. The average molecular weight is 556 g/mol. The molecule has 7 nitrogen and oxygen atoms in total. The molecule has 2 atom stereocenters. The number of nitrogens with one attached hydrogen (secondary N) is 1. The van der Waals surface area contributed by atoms with Crippen molar-refractivity contribution in [3.8, 4) is 11.1 Å². The van der Waals surface area contributed by atoms with Crippen molar-refractivity contribution in [2.45, 2.75) is 43.9 Å². The lowest BCUT2D eigenvalue weighted by Crippen LogP contribution is -2.47. The van der Waals surface area contributed by atoms with E-state index in [-0.39, 0.29) is 54.0 Å². The van der Waals surface area contributed by atoms with Gasteiger partial charge in [0.1, 0.15) is 11.6 Å². The van der Waals surface area contributed by atoms with Gasteiger partial charge >= 0.3 is 0 Å². The fraction of sp³-hybridized carbons (Fsp3) is 0.448. The maximum atomic E-state index is 14.8. The molecule has 40 heavy (non-hydrogen) atoms. The number of alkyl halides is 2. The number of hydrogen-bond acceptors (Lipinski definition) is 6. The first kappa shape index (κ1) is 26.6. The van der Waals surface area contributed by atoms with Crippen LogP contribution in [0.15, 0.2) is 42.9 Å². The number of hydrogen-bond donors (Lipinski definition) is 1. The molecule has 6 rings (SSSR count). The Labute approximate surface area is 229 Å². The monoisotopic (exact) mass is 555 g/mol. The van der Waals surface area contributed by atoms with E-state index in [0.717, 1.165) is 37.7 Å². The van der Waals surface area contributed by atoms with Crippen molar-refractivity contribution in [1.29, 1.82) is 0 Å². The van der Waals surface area contributed by atoms with E-state index in [4.69, 9.17) is 4.74 Å². The zero-order valence-corrected chi connectivity index (χ0v) is 21.8. The van der Waals surface area contributed by atoms with Crippen LogP contribution in [-0.2, 0) is 4.74 Å². The number of ether oxygens (including phenoxy) is 1. The van der Waals surface area contributed by atoms with Gasteiger partial charge in [0.25, 0.3) is 5.91 Å². The molecule has 2 bridgehead atoms. The zero-order valence-electron chi connectivity index (χ0n) is 21.8. The molecule has 2 unspecified atom stereocenters. The molecule has 1 saturated carbocycles. The molecule has 1 N–H and O–H groups in total. The Balaban J connectivity index is 1.29. The van der Waals surface area contributed by atoms with Gasteiger partial charge in [-0.15, -0.1) is 0 Å². The van der Waals surface area contributed by atoms with Crippen molar-refractivity contribution in [2.75, 3.05) is 36.5 Å². The molecule has 2 saturated heterocycles. The van der Waals surface area contributed by atoms with Gasteiger partial charge < -0.3 is 15.0 Å². The summed E-state index contributed by atoms with van der Waals surface area (Å²) in [6.07, 6.45) is 5.08. The maximum absolute atomic E-state index is 14.8. The standard InChI is InChI=1S/C29H29F4N5O2/c30-21-1-2-24(31)23(10-21)22-5-8-34-25(19-3-6-29(32,33)7-4-19)26(22)37-27(39)20-11-35-28(36-12-20)38-13-17-9-18(14-38)16-40-15-17/h1-2,5,8,10-12,17-19H,3-4,6-7,9,13-16H2,(H,37,39). The minimum atomic E-state index is -2.76. The second-order valence-corrected chi connectivity index (χ2v) is 11.0. The van der Waals surface area contributed by atoms with Crippen LogP contribution in [0.4, 0.5) is 29.2 Å². The molecule has 2 aromatic heterocycles. The number of carbonyl (C=O) groups is 1. The fourth-order valence-electron chi connectivity index (χ4n) is 6.07. The lowest BCUT2D eigenvalue weighted by Gasteiger charge is -2.41. The molecule has 1 aliphatic carbocycles. The predicted molar refractivity (Wildman–Crippen MR) is 140 cm³/mol. The molecule has 0 radical (unpaired) electrons. The number of fused-ring (bicyclic) bond motifs is 2. The first-order chi connectivity index (χ1) is 19.3. The van der Waals surface area contributed by atoms with Crippen molar-refractivity contribution < 1.29 is 27.1 Å². The van der Waals surface area contributed by atoms with Gasteiger partial charge in [-0.2, -0.15) is 0 Å². The molecule has 11 heteroatoms. The molecule has 2 aliphatic heterocycles. The normalized spacial score (nSPS) is 22.6. The number of nitrogens with zero attached hydrogens (tertiary/aromatic N) is 4. The second kappa shape index (κ2) is 10.8. The van der Waals surface area contributed by atoms with Crippen LogP contribution < -0.4 is 10.2 Å². The number of halogens is 4. The van der Waals surface area contributed by atoms with Crippen molar-refractivity contribution in [3.05, 3.63) is 65.7 Å². The minimum Gasteiger partial charge on any atom is -0.381 e. The smallest absolute Gasteiger partial charge is 0.258 e. The van der Waals surface area contributed by atoms with Gasteiger partial charge in [0.2, 0.25) is 11.9 Å². The van der Waals surface area contributed by atoms with Crippen LogP contribution in [0.5, 0.6) is 0 Å². The summed E-state index contributed by atoms with van der Waals surface area (Å²) < 4.78 is 62.4. The van der Waals surface area contributed by atoms with E-state index in [1.807, 2.05) is 0 Å². The Morgan fingerprint density at radius 2 is 1.68 bits per heavy atom. The van der Waals surface area contributed by atoms with Gasteiger partial charge in [0.15, 0.2) is 0 Å². The van der Waals surface area contributed by atoms with Gasteiger partial charge in [0, 0.05) is 73.4 Å². The molecule has 1 amide bonds. The quantitative estimate of drug-likeness (QED) is 0.399. The summed E-state index contributed by atoms with van der Waals surface area (Å²) in [5.74, 6) is -3.67. The minimum absolute atomic E-state index is 0.0636. The number of benzene rings is 1. The van der Waals surface area contributed by atoms with Crippen molar-refractivity contribution in [1.82, 2.24) is 15.0 Å². The van der Waals surface area contributed by atoms with E-state index in [0.29, 0.717) is 36.7 Å². The van der Waals surface area contributed by atoms with Crippen LogP contribution in [-0.4, -0.2) is 53.1 Å². The van der Waals surface area contributed by atoms with Gasteiger partial charge in [-0.1, -0.05) is 0 Å². The molecule has 0 spiro atoms. The van der Waals surface area contributed by atoms with Crippen molar-refractivity contribution >= 4 is 17.5 Å². The summed E-state index contributed by atoms with van der Waals surface area (Å²) in [5, 5.41) is 2.80. The first-order valence-electron chi connectivity index (χ1n) is 13.5. The second-order valence-electron chi connectivity index (χ2n) is 11.0. The highest BCUT2D eigenvalue weighted by atomic mass is 19.3. The van der Waals surface area contributed by atoms with Crippen LogP contribution >= 0.6 is 0 Å². The van der Waals surface area contributed by atoms with Gasteiger partial charge in [-0.05, 0) is 43.5 Å². The summed E-state index contributed by atoms with van der Waals surface area (Å²) in [6.45, 7) is 3.00. The largest absolute Gasteiger partial charge is 0.381 e. The summed E-state index contributed by atoms with van der Waals surface area (Å²) in [7, 11) is 0. The molecule has 210 valence electrons. The third-order valence-electron chi connectivity index (χ3n) is 8.06. The van der Waals surface area contributed by atoms with Gasteiger partial charge in [-0.25, -0.2) is 27.5 Å². The van der Waals surface area contributed by atoms with Crippen LogP contribution in [0.3, 0.4) is 0 Å². The molecule has 3 aromatic rings. The number of anilines is 2. The van der Waals surface area contributed by atoms with Crippen LogP contribution in [0.1, 0.15) is 54.1 Å². The number of amides is 1. The van der Waals surface area contributed by atoms with E-state index >= 15 is 0 Å². The zero-order chi connectivity index (χ0) is 27.9. The Kier molecular flexibility index (Phi) is 7.16. The van der Waals surface area contributed by atoms with E-state index in [1.54, 1.807) is 0 Å². The Morgan fingerprint density at radius 3 is 2.38 bits per heavy atom. The van der Waals surface area contributed by atoms with E-state index in [1.165, 1.54) is 24.7 Å². The maximum Gasteiger partial charge on any atom is 0.258 e. The summed E-state index contributed by atoms with van der Waals surface area (Å²) in [5.41, 5.74) is 0.850. The predicted octanol–water partition coefficient (Wildman–Crippen LogP) is 5.83. The number of aromatic nitrogens is 3. The van der Waals surface area contributed by atoms with E-state index in [9.17, 15) is 22.4 Å². The van der Waals surface area contributed by atoms with Crippen LogP contribution in [0.2, 0.25) is 0 Å². The van der Waals surface area contributed by atoms with Crippen molar-refractivity contribution in [3.63, 3.8) is 0 Å². The number of carbonyl (C=O) groups excluding carboxylic acids is 1. The molecule has 3 fully saturated rings. The van der Waals surface area contributed by atoms with Crippen molar-refractivity contribution in [2.24, 2.45) is 11.8 Å². The van der Waals surface area contributed by atoms with Gasteiger partial charge in [-0.3, -0.25) is 9.78 Å². The Morgan fingerprint density at radius 1 is 0.975 bits per heavy atom. The van der Waals surface area contributed by atoms with Crippen LogP contribution in [0.25, 0.3) is 11.1 Å². The van der Waals surface area contributed by atoms with Crippen LogP contribution in [0, 0.1) is 23.5 Å². The summed E-state index contributed by atoms with van der Waals surface area (Å²) in [4.78, 5) is 28.8. The first-order valence-corrected chi connectivity index (χ1v) is 13.5. The highest BCUT2D eigenvalue weighted by Crippen LogP contribution is 2.44. The number of piperidine rings is 1. The summed E-state index contributed by atoms with van der Waals surface area (Å²) >= 11 is 0.